The lowest BCUT2D eigenvalue weighted by atomic mass is 9.96. The van der Waals surface area contributed by atoms with Gasteiger partial charge in [-0.25, -0.2) is 0 Å². The number of carboxylic acids is 1. The molecule has 0 aliphatic carbocycles. The largest absolute Gasteiger partial charge is 0.480 e. The quantitative estimate of drug-likeness (QED) is 0.435. The minimum Gasteiger partial charge on any atom is -0.480 e. The maximum atomic E-state index is 12.1. The summed E-state index contributed by atoms with van der Waals surface area (Å²) in [6.07, 6.45) is 2.68. The lowest BCUT2D eigenvalue weighted by Gasteiger charge is -2.24. The summed E-state index contributed by atoms with van der Waals surface area (Å²) in [7, 11) is 0. The van der Waals surface area contributed by atoms with E-state index in [1.54, 1.807) is 0 Å². The number of hydrogen-bond acceptors (Lipinski definition) is 2. The Morgan fingerprint density at radius 1 is 0.893 bits per heavy atom. The lowest BCUT2D eigenvalue weighted by molar-refractivity contribution is -0.139. The summed E-state index contributed by atoms with van der Waals surface area (Å²) < 4.78 is 0. The van der Waals surface area contributed by atoms with Crippen molar-refractivity contribution in [2.45, 2.75) is 18.5 Å². The van der Waals surface area contributed by atoms with Gasteiger partial charge in [-0.3, -0.25) is 10.1 Å². The fourth-order valence-corrected chi connectivity index (χ4v) is 3.65. The van der Waals surface area contributed by atoms with Crippen molar-refractivity contribution in [3.63, 3.8) is 0 Å². The van der Waals surface area contributed by atoms with Crippen LogP contribution in [0.1, 0.15) is 28.8 Å². The van der Waals surface area contributed by atoms with Crippen LogP contribution in [0.25, 0.3) is 10.9 Å². The molecule has 0 aliphatic rings. The van der Waals surface area contributed by atoms with E-state index < -0.39 is 12.0 Å². The Kier molecular flexibility index (Phi) is 5.22. The molecule has 0 amide bonds. The van der Waals surface area contributed by atoms with Crippen LogP contribution in [-0.2, 0) is 11.2 Å². The molecular formula is C24H22N2O2. The number of rotatable bonds is 7. The second-order valence-corrected chi connectivity index (χ2v) is 6.88. The fourth-order valence-electron chi connectivity index (χ4n) is 3.65. The molecule has 4 nitrogen and oxygen atoms in total. The minimum atomic E-state index is -0.885. The monoisotopic (exact) mass is 370 g/mol. The summed E-state index contributed by atoms with van der Waals surface area (Å²) in [6, 6.07) is 26.6. The smallest absolute Gasteiger partial charge is 0.325 e. The van der Waals surface area contributed by atoms with Crippen molar-refractivity contribution in [1.82, 2.24) is 10.3 Å². The zero-order valence-corrected chi connectivity index (χ0v) is 15.4. The number of benzene rings is 3. The molecule has 4 heteroatoms. The summed E-state index contributed by atoms with van der Waals surface area (Å²) in [4.78, 5) is 15.4. The highest BCUT2D eigenvalue weighted by atomic mass is 16.4. The SMILES string of the molecule is O=C(O)C(NC(Cc1ccccc1)c1c[nH]c2ccccc12)c1ccccc1. The molecule has 1 heterocycles. The number of nitrogens with one attached hydrogen (secondary N) is 2. The molecule has 0 bridgehead atoms. The first kappa shape index (κ1) is 18.0. The predicted octanol–water partition coefficient (Wildman–Crippen LogP) is 4.87. The number of aliphatic carboxylic acids is 1. The van der Waals surface area contributed by atoms with E-state index in [9.17, 15) is 9.90 Å². The second-order valence-electron chi connectivity index (χ2n) is 6.88. The van der Waals surface area contributed by atoms with Crippen LogP contribution in [0.5, 0.6) is 0 Å². The number of fused-ring (bicyclic) bond motifs is 1. The maximum absolute atomic E-state index is 12.1. The highest BCUT2D eigenvalue weighted by Gasteiger charge is 2.25. The van der Waals surface area contributed by atoms with Gasteiger partial charge in [0.2, 0.25) is 0 Å². The number of aromatic nitrogens is 1. The van der Waals surface area contributed by atoms with Gasteiger partial charge in [-0.15, -0.1) is 0 Å². The third kappa shape index (κ3) is 3.82. The molecule has 140 valence electrons. The molecule has 2 atom stereocenters. The summed E-state index contributed by atoms with van der Waals surface area (Å²) in [5.74, 6) is -0.885. The lowest BCUT2D eigenvalue weighted by Crippen LogP contribution is -2.33. The maximum Gasteiger partial charge on any atom is 0.325 e. The third-order valence-electron chi connectivity index (χ3n) is 5.03. The first-order chi connectivity index (χ1) is 13.7. The molecular weight excluding hydrogens is 348 g/mol. The highest BCUT2D eigenvalue weighted by Crippen LogP contribution is 2.29. The molecule has 0 spiro atoms. The van der Waals surface area contributed by atoms with Crippen LogP contribution < -0.4 is 5.32 Å². The predicted molar refractivity (Wildman–Crippen MR) is 111 cm³/mol. The molecule has 0 radical (unpaired) electrons. The van der Waals surface area contributed by atoms with Crippen LogP contribution in [0.15, 0.2) is 91.1 Å². The van der Waals surface area contributed by atoms with E-state index in [1.165, 1.54) is 0 Å². The molecule has 1 aromatic heterocycles. The first-order valence-corrected chi connectivity index (χ1v) is 9.36. The molecule has 0 aliphatic heterocycles. The summed E-state index contributed by atoms with van der Waals surface area (Å²) in [5, 5.41) is 14.4. The molecule has 4 aromatic rings. The number of carbonyl (C=O) groups is 1. The van der Waals surface area contributed by atoms with Crippen molar-refractivity contribution in [1.29, 1.82) is 0 Å². The van der Waals surface area contributed by atoms with Gasteiger partial charge in [-0.05, 0) is 29.2 Å². The summed E-state index contributed by atoms with van der Waals surface area (Å²) in [6.45, 7) is 0. The highest BCUT2D eigenvalue weighted by molar-refractivity contribution is 5.84. The number of carboxylic acid groups (broad SMARTS) is 1. The van der Waals surface area contributed by atoms with Gasteiger partial charge in [0.25, 0.3) is 0 Å². The van der Waals surface area contributed by atoms with Gasteiger partial charge < -0.3 is 10.1 Å². The number of para-hydroxylation sites is 1. The number of aromatic amines is 1. The summed E-state index contributed by atoms with van der Waals surface area (Å²) in [5.41, 5.74) is 4.01. The van der Waals surface area contributed by atoms with Crippen LogP contribution in [-0.4, -0.2) is 16.1 Å². The van der Waals surface area contributed by atoms with E-state index >= 15 is 0 Å². The van der Waals surface area contributed by atoms with Crippen molar-refractivity contribution < 1.29 is 9.90 Å². The zero-order chi connectivity index (χ0) is 19.3. The van der Waals surface area contributed by atoms with Crippen molar-refractivity contribution in [3.05, 3.63) is 108 Å². The normalized spacial score (nSPS) is 13.3. The molecule has 0 fully saturated rings. The first-order valence-electron chi connectivity index (χ1n) is 9.36. The minimum absolute atomic E-state index is 0.153. The van der Waals surface area contributed by atoms with Crippen molar-refractivity contribution in [2.24, 2.45) is 0 Å². The Balaban J connectivity index is 1.73. The van der Waals surface area contributed by atoms with E-state index in [2.05, 4.69) is 28.5 Å². The van der Waals surface area contributed by atoms with Gasteiger partial charge in [0.1, 0.15) is 6.04 Å². The van der Waals surface area contributed by atoms with Gasteiger partial charge in [-0.1, -0.05) is 78.9 Å². The Morgan fingerprint density at radius 2 is 1.54 bits per heavy atom. The Labute approximate surface area is 163 Å². The number of H-pyrrole nitrogens is 1. The van der Waals surface area contributed by atoms with E-state index in [-0.39, 0.29) is 6.04 Å². The van der Waals surface area contributed by atoms with E-state index in [0.717, 1.165) is 27.6 Å². The second kappa shape index (κ2) is 8.11. The molecule has 0 saturated carbocycles. The van der Waals surface area contributed by atoms with Gasteiger partial charge in [0.05, 0.1) is 0 Å². The summed E-state index contributed by atoms with van der Waals surface area (Å²) >= 11 is 0. The van der Waals surface area contributed by atoms with Gasteiger partial charge in [0.15, 0.2) is 0 Å². The molecule has 28 heavy (non-hydrogen) atoms. The Hall–Kier alpha value is -3.37. The van der Waals surface area contributed by atoms with Gasteiger partial charge >= 0.3 is 5.97 Å². The van der Waals surface area contributed by atoms with Crippen LogP contribution >= 0.6 is 0 Å². The topological polar surface area (TPSA) is 65.1 Å². The standard InChI is InChI=1S/C24H22N2O2/c27-24(28)23(18-11-5-2-6-12-18)26-22(15-17-9-3-1-4-10-17)20-16-25-21-14-8-7-13-19(20)21/h1-14,16,22-23,25-26H,15H2,(H,27,28). The van der Waals surface area contributed by atoms with Crippen LogP contribution in [0, 0.1) is 0 Å². The average Bonchev–Trinajstić information content (AvgIpc) is 3.16. The van der Waals surface area contributed by atoms with Crippen LogP contribution in [0.4, 0.5) is 0 Å². The Bertz CT molecular complexity index is 1060. The van der Waals surface area contributed by atoms with Crippen molar-refractivity contribution in [3.8, 4) is 0 Å². The van der Waals surface area contributed by atoms with Gasteiger partial charge in [-0.2, -0.15) is 0 Å². The van der Waals surface area contributed by atoms with Crippen molar-refractivity contribution >= 4 is 16.9 Å². The van der Waals surface area contributed by atoms with Crippen LogP contribution in [0.2, 0.25) is 0 Å². The van der Waals surface area contributed by atoms with E-state index in [0.29, 0.717) is 6.42 Å². The van der Waals surface area contributed by atoms with Gasteiger partial charge in [0, 0.05) is 23.1 Å². The molecule has 3 N–H and O–H groups in total. The zero-order valence-electron chi connectivity index (χ0n) is 15.4. The van der Waals surface area contributed by atoms with Crippen molar-refractivity contribution in [2.75, 3.05) is 0 Å². The average molecular weight is 370 g/mol. The Morgan fingerprint density at radius 3 is 2.25 bits per heavy atom. The van der Waals surface area contributed by atoms with Crippen LogP contribution in [0.3, 0.4) is 0 Å². The molecule has 0 saturated heterocycles. The van der Waals surface area contributed by atoms with E-state index in [1.807, 2.05) is 72.9 Å². The third-order valence-corrected chi connectivity index (χ3v) is 5.03. The fraction of sp³-hybridized carbons (Fsp3) is 0.125. The molecule has 3 aromatic carbocycles. The molecule has 4 rings (SSSR count). The molecule has 2 unspecified atom stereocenters. The van der Waals surface area contributed by atoms with E-state index in [4.69, 9.17) is 0 Å². The number of hydrogen-bond donors (Lipinski definition) is 3.